The van der Waals surface area contributed by atoms with Crippen molar-refractivity contribution in [3.8, 4) is 0 Å². The molecule has 4 atom stereocenters. The van der Waals surface area contributed by atoms with E-state index in [0.29, 0.717) is 12.0 Å². The maximum absolute atomic E-state index is 12.3. The smallest absolute Gasteiger partial charge is 0.341 e. The largest absolute Gasteiger partial charge is 0.481 e. The Morgan fingerprint density at radius 2 is 1.90 bits per heavy atom. The molecule has 0 aromatic heterocycles. The number of amides is 2. The number of carbonyl (C=O) groups is 2. The summed E-state index contributed by atoms with van der Waals surface area (Å²) >= 11 is 0. The van der Waals surface area contributed by atoms with E-state index in [-0.39, 0.29) is 24.5 Å². The number of unbranched alkanes of at least 4 members (excludes halogenated alkanes) is 3. The van der Waals surface area contributed by atoms with Gasteiger partial charge in [-0.1, -0.05) is 37.5 Å². The summed E-state index contributed by atoms with van der Waals surface area (Å²) in [7, 11) is 1.65. The van der Waals surface area contributed by atoms with Crippen molar-refractivity contribution < 1.29 is 19.4 Å². The van der Waals surface area contributed by atoms with Crippen molar-refractivity contribution in [3.05, 3.63) is 30.3 Å². The fourth-order valence-electron chi connectivity index (χ4n) is 4.36. The Bertz CT molecular complexity index is 709. The third-order valence-electron chi connectivity index (χ3n) is 5.90. The number of para-hydroxylation sites is 1. The number of anilines is 1. The van der Waals surface area contributed by atoms with Gasteiger partial charge in [0.1, 0.15) is 0 Å². The van der Waals surface area contributed by atoms with Crippen LogP contribution in [0.1, 0.15) is 51.4 Å². The van der Waals surface area contributed by atoms with E-state index in [1.54, 1.807) is 7.05 Å². The van der Waals surface area contributed by atoms with E-state index in [1.807, 2.05) is 36.5 Å². The lowest BCUT2D eigenvalue weighted by atomic mass is 9.77. The molecule has 2 heterocycles. The molecule has 0 saturated carbocycles. The van der Waals surface area contributed by atoms with Gasteiger partial charge < -0.3 is 15.2 Å². The molecule has 2 fully saturated rings. The highest BCUT2D eigenvalue weighted by Crippen LogP contribution is 2.44. The van der Waals surface area contributed by atoms with Gasteiger partial charge in [-0.15, -0.1) is 0 Å². The van der Waals surface area contributed by atoms with Crippen LogP contribution in [0.4, 0.5) is 10.5 Å². The molecule has 7 nitrogen and oxygen atoms in total. The molecule has 2 saturated heterocycles. The first-order chi connectivity index (χ1) is 14.0. The number of hydrogen-bond acceptors (Lipinski definition) is 4. The average Bonchev–Trinajstić information content (AvgIpc) is 3.31. The zero-order valence-electron chi connectivity index (χ0n) is 17.0. The lowest BCUT2D eigenvalue weighted by molar-refractivity contribution is -0.137. The second kappa shape index (κ2) is 10.4. The van der Waals surface area contributed by atoms with Crippen LogP contribution in [0.15, 0.2) is 35.4 Å². The first-order valence-electron chi connectivity index (χ1n) is 10.6. The summed E-state index contributed by atoms with van der Waals surface area (Å²) in [5.41, 5.74) is 0.739. The first-order valence-corrected chi connectivity index (χ1v) is 10.6. The summed E-state index contributed by atoms with van der Waals surface area (Å²) in [6, 6.07) is 9.05. The van der Waals surface area contributed by atoms with Crippen LogP contribution in [0.5, 0.6) is 0 Å². The number of carboxylic acid groups (broad SMARTS) is 1. The van der Waals surface area contributed by atoms with Gasteiger partial charge in [0, 0.05) is 31.3 Å². The van der Waals surface area contributed by atoms with Gasteiger partial charge in [0.2, 0.25) is 0 Å². The average molecular weight is 402 g/mol. The van der Waals surface area contributed by atoms with Crippen molar-refractivity contribution in [1.29, 1.82) is 0 Å². The molecule has 2 N–H and O–H groups in total. The number of nitrogens with zero attached hydrogens (tertiary/aromatic N) is 2. The zero-order chi connectivity index (χ0) is 20.6. The van der Waals surface area contributed by atoms with Crippen LogP contribution in [0.25, 0.3) is 0 Å². The Balaban J connectivity index is 1.47. The van der Waals surface area contributed by atoms with Crippen LogP contribution in [-0.2, 0) is 9.53 Å². The first kappa shape index (κ1) is 21.3. The van der Waals surface area contributed by atoms with Gasteiger partial charge in [0.05, 0.1) is 12.2 Å². The van der Waals surface area contributed by atoms with Crippen molar-refractivity contribution in [1.82, 2.24) is 5.01 Å². The zero-order valence-corrected chi connectivity index (χ0v) is 17.0. The van der Waals surface area contributed by atoms with Crippen molar-refractivity contribution in [3.63, 3.8) is 0 Å². The molecular formula is C22H31N3O4. The van der Waals surface area contributed by atoms with Gasteiger partial charge in [-0.05, 0) is 43.7 Å². The maximum Gasteiger partial charge on any atom is 0.341 e. The van der Waals surface area contributed by atoms with Crippen LogP contribution in [0.3, 0.4) is 0 Å². The molecule has 2 aliphatic rings. The SMILES string of the molecule is CN(N=C[C@@H]1[C@@H](CCCCCCC(=O)O)[C@@H]2CC[C@H]1O2)C(=O)Nc1ccccc1. The normalized spacial score (nSPS) is 25.4. The van der Waals surface area contributed by atoms with Crippen LogP contribution >= 0.6 is 0 Å². The van der Waals surface area contributed by atoms with Gasteiger partial charge in [0.25, 0.3) is 0 Å². The van der Waals surface area contributed by atoms with Crippen molar-refractivity contribution >= 4 is 23.9 Å². The Hall–Kier alpha value is -2.41. The van der Waals surface area contributed by atoms with Gasteiger partial charge in [-0.3, -0.25) is 4.79 Å². The van der Waals surface area contributed by atoms with Crippen molar-refractivity contribution in [2.24, 2.45) is 16.9 Å². The number of nitrogens with one attached hydrogen (secondary N) is 1. The highest BCUT2D eigenvalue weighted by molar-refractivity contribution is 5.89. The monoisotopic (exact) mass is 401 g/mol. The predicted molar refractivity (Wildman–Crippen MR) is 112 cm³/mol. The number of hydrazone groups is 1. The molecule has 0 spiro atoms. The molecular weight excluding hydrogens is 370 g/mol. The number of hydrogen-bond donors (Lipinski definition) is 2. The van der Waals surface area contributed by atoms with E-state index >= 15 is 0 Å². The Morgan fingerprint density at radius 1 is 1.17 bits per heavy atom. The fraction of sp³-hybridized carbons (Fsp3) is 0.591. The van der Waals surface area contributed by atoms with Gasteiger partial charge in [-0.25, -0.2) is 9.80 Å². The molecule has 2 bridgehead atoms. The Labute approximate surface area is 172 Å². The Kier molecular flexibility index (Phi) is 7.63. The third kappa shape index (κ3) is 6.03. The molecule has 2 amide bonds. The van der Waals surface area contributed by atoms with Crippen LogP contribution < -0.4 is 5.32 Å². The molecule has 2 aliphatic heterocycles. The summed E-state index contributed by atoms with van der Waals surface area (Å²) in [5, 5.41) is 17.3. The molecule has 29 heavy (non-hydrogen) atoms. The second-order valence-corrected chi connectivity index (χ2v) is 7.96. The maximum atomic E-state index is 12.3. The Morgan fingerprint density at radius 3 is 2.66 bits per heavy atom. The minimum atomic E-state index is -0.719. The van der Waals surface area contributed by atoms with E-state index in [1.165, 1.54) is 5.01 Å². The molecule has 0 radical (unpaired) electrons. The lowest BCUT2D eigenvalue weighted by Gasteiger charge is -2.25. The second-order valence-electron chi connectivity index (χ2n) is 7.96. The third-order valence-corrected chi connectivity index (χ3v) is 5.90. The highest BCUT2D eigenvalue weighted by atomic mass is 16.5. The number of carbonyl (C=O) groups excluding carboxylic acids is 1. The minimum Gasteiger partial charge on any atom is -0.481 e. The van der Waals surface area contributed by atoms with Crippen molar-refractivity contribution in [2.75, 3.05) is 12.4 Å². The number of ether oxygens (including phenoxy) is 1. The summed E-state index contributed by atoms with van der Waals surface area (Å²) in [5.74, 6) is -0.0505. The quantitative estimate of drug-likeness (QED) is 0.346. The molecule has 1 aromatic rings. The number of aliphatic carboxylic acids is 1. The number of carboxylic acids is 1. The fourth-order valence-corrected chi connectivity index (χ4v) is 4.36. The van der Waals surface area contributed by atoms with E-state index in [4.69, 9.17) is 9.84 Å². The molecule has 1 aromatic carbocycles. The van der Waals surface area contributed by atoms with E-state index in [0.717, 1.165) is 50.6 Å². The lowest BCUT2D eigenvalue weighted by Crippen LogP contribution is -2.31. The summed E-state index contributed by atoms with van der Waals surface area (Å²) in [4.78, 5) is 22.9. The highest BCUT2D eigenvalue weighted by Gasteiger charge is 2.47. The standard InChI is InChI=1S/C22H31N3O4/c1-25(22(28)24-16-9-5-4-6-10-16)23-15-18-17(19-13-14-20(18)29-19)11-7-2-3-8-12-21(26)27/h4-6,9-10,15,17-20H,2-3,7-8,11-14H2,1H3,(H,24,28)(H,26,27)/t17-,18-,19+,20-/m1/s1. The van der Waals surface area contributed by atoms with Gasteiger partial charge in [0.15, 0.2) is 0 Å². The van der Waals surface area contributed by atoms with Crippen LogP contribution in [0.2, 0.25) is 0 Å². The summed E-state index contributed by atoms with van der Waals surface area (Å²) < 4.78 is 6.11. The van der Waals surface area contributed by atoms with Crippen molar-refractivity contribution in [2.45, 2.75) is 63.6 Å². The van der Waals surface area contributed by atoms with E-state index in [2.05, 4.69) is 10.4 Å². The molecule has 0 aliphatic carbocycles. The minimum absolute atomic E-state index is 0.200. The van der Waals surface area contributed by atoms with Gasteiger partial charge in [-0.2, -0.15) is 5.10 Å². The number of fused-ring (bicyclic) bond motifs is 2. The van der Waals surface area contributed by atoms with E-state index < -0.39 is 5.97 Å². The summed E-state index contributed by atoms with van der Waals surface area (Å²) in [6.45, 7) is 0. The summed E-state index contributed by atoms with van der Waals surface area (Å²) in [6.07, 6.45) is 9.67. The molecule has 158 valence electrons. The van der Waals surface area contributed by atoms with Gasteiger partial charge >= 0.3 is 12.0 Å². The van der Waals surface area contributed by atoms with Crippen LogP contribution in [0, 0.1) is 11.8 Å². The topological polar surface area (TPSA) is 91.2 Å². The molecule has 0 unspecified atom stereocenters. The molecule has 7 heteroatoms. The molecule has 3 rings (SSSR count). The number of urea groups is 1. The number of rotatable bonds is 10. The van der Waals surface area contributed by atoms with Crippen LogP contribution in [-0.4, -0.2) is 47.6 Å². The predicted octanol–water partition coefficient (Wildman–Crippen LogP) is 4.35. The number of benzene rings is 1. The van der Waals surface area contributed by atoms with E-state index in [9.17, 15) is 9.59 Å².